The summed E-state index contributed by atoms with van der Waals surface area (Å²) in [6.07, 6.45) is 4.06. The van der Waals surface area contributed by atoms with Crippen molar-refractivity contribution in [2.45, 2.75) is 78.3 Å². The first-order valence-corrected chi connectivity index (χ1v) is 15.6. The Kier molecular flexibility index (Phi) is 7.92. The van der Waals surface area contributed by atoms with Gasteiger partial charge in [-0.25, -0.2) is 0 Å². The summed E-state index contributed by atoms with van der Waals surface area (Å²) in [4.78, 5) is 13.0. The third kappa shape index (κ3) is 5.73. The van der Waals surface area contributed by atoms with E-state index in [-0.39, 0.29) is 47.1 Å². The van der Waals surface area contributed by atoms with Crippen LogP contribution in [0.4, 0.5) is 0 Å². The molecule has 6 atom stereocenters. The second-order valence-electron chi connectivity index (χ2n) is 12.4. The molecule has 0 aromatic heterocycles. The van der Waals surface area contributed by atoms with Crippen molar-refractivity contribution in [1.82, 2.24) is 0 Å². The first kappa shape index (κ1) is 26.6. The van der Waals surface area contributed by atoms with Crippen LogP contribution in [0.15, 0.2) is 60.7 Å². The Labute approximate surface area is 223 Å². The minimum atomic E-state index is -1.95. The number of fused-ring (bicyclic) bond motifs is 1. The molecule has 5 nitrogen and oxygen atoms in total. The van der Waals surface area contributed by atoms with Gasteiger partial charge in [-0.2, -0.15) is 0 Å². The molecular formula is C31H42O5Si. The molecule has 1 aliphatic carbocycles. The SMILES string of the molecule is CC(C)(C)[C@@H]1[C@H]2CC(=O)OC(CO[SiH](c3ccccc3)c3ccccc3)[C@@]2(C)C[C@H]1OC1CCCCO1. The number of hydrogen-bond acceptors (Lipinski definition) is 5. The zero-order valence-corrected chi connectivity index (χ0v) is 23.9. The monoisotopic (exact) mass is 522 g/mol. The number of carbonyl (C=O) groups excluding carboxylic acids is 1. The minimum Gasteiger partial charge on any atom is -0.459 e. The maximum Gasteiger partial charge on any atom is 0.306 e. The van der Waals surface area contributed by atoms with E-state index in [1.165, 1.54) is 10.4 Å². The summed E-state index contributed by atoms with van der Waals surface area (Å²) in [7, 11) is -1.95. The van der Waals surface area contributed by atoms with Crippen LogP contribution in [0, 0.1) is 22.7 Å². The van der Waals surface area contributed by atoms with Gasteiger partial charge in [-0.1, -0.05) is 88.4 Å². The highest BCUT2D eigenvalue weighted by atomic mass is 28.3. The molecule has 5 rings (SSSR count). The molecule has 3 fully saturated rings. The summed E-state index contributed by atoms with van der Waals surface area (Å²) in [5.74, 6) is 0.316. The van der Waals surface area contributed by atoms with Crippen LogP contribution < -0.4 is 10.4 Å². The Hall–Kier alpha value is -1.99. The van der Waals surface area contributed by atoms with Crippen molar-refractivity contribution in [1.29, 1.82) is 0 Å². The van der Waals surface area contributed by atoms with E-state index in [1.54, 1.807) is 0 Å². The number of rotatable bonds is 7. The van der Waals surface area contributed by atoms with Gasteiger partial charge < -0.3 is 18.6 Å². The minimum absolute atomic E-state index is 0.00382. The summed E-state index contributed by atoms with van der Waals surface area (Å²) < 4.78 is 25.5. The predicted molar refractivity (Wildman–Crippen MR) is 147 cm³/mol. The number of cyclic esters (lactones) is 1. The normalized spacial score (nSPS) is 32.2. The van der Waals surface area contributed by atoms with Gasteiger partial charge in [0, 0.05) is 18.4 Å². The largest absolute Gasteiger partial charge is 0.459 e. The molecule has 0 amide bonds. The maximum atomic E-state index is 13.0. The van der Waals surface area contributed by atoms with E-state index < -0.39 is 9.04 Å². The third-order valence-corrected chi connectivity index (χ3v) is 11.3. The van der Waals surface area contributed by atoms with E-state index in [4.69, 9.17) is 18.6 Å². The van der Waals surface area contributed by atoms with Crippen LogP contribution in [-0.2, 0) is 23.4 Å². The lowest BCUT2D eigenvalue weighted by atomic mass is 9.64. The van der Waals surface area contributed by atoms with E-state index in [1.807, 2.05) is 12.1 Å². The smallest absolute Gasteiger partial charge is 0.306 e. The van der Waals surface area contributed by atoms with Crippen molar-refractivity contribution in [3.05, 3.63) is 60.7 Å². The summed E-state index contributed by atoms with van der Waals surface area (Å²) in [5, 5.41) is 2.46. The summed E-state index contributed by atoms with van der Waals surface area (Å²) in [6, 6.07) is 21.0. The van der Waals surface area contributed by atoms with Gasteiger partial charge in [0.05, 0.1) is 12.7 Å². The van der Waals surface area contributed by atoms with Crippen molar-refractivity contribution in [2.24, 2.45) is 22.7 Å². The molecule has 2 aromatic rings. The van der Waals surface area contributed by atoms with Crippen LogP contribution in [0.25, 0.3) is 0 Å². The molecule has 3 aliphatic rings. The number of benzene rings is 2. The van der Waals surface area contributed by atoms with Gasteiger partial charge in [-0.05, 0) is 53.3 Å². The zero-order valence-electron chi connectivity index (χ0n) is 22.7. The van der Waals surface area contributed by atoms with Crippen molar-refractivity contribution < 1.29 is 23.4 Å². The van der Waals surface area contributed by atoms with Gasteiger partial charge in [0.2, 0.25) is 9.04 Å². The fourth-order valence-electron chi connectivity index (χ4n) is 6.99. The fraction of sp³-hybridized carbons (Fsp3) is 0.581. The number of esters is 1. The van der Waals surface area contributed by atoms with E-state index in [0.717, 1.165) is 32.3 Å². The molecule has 0 bridgehead atoms. The molecule has 37 heavy (non-hydrogen) atoms. The van der Waals surface area contributed by atoms with Gasteiger partial charge in [0.15, 0.2) is 6.29 Å². The summed E-state index contributed by atoms with van der Waals surface area (Å²) >= 11 is 0. The highest BCUT2D eigenvalue weighted by Crippen LogP contribution is 2.59. The molecule has 2 aliphatic heterocycles. The molecule has 6 heteroatoms. The van der Waals surface area contributed by atoms with Gasteiger partial charge in [-0.3, -0.25) is 4.79 Å². The predicted octanol–water partition coefficient (Wildman–Crippen LogP) is 4.46. The second-order valence-corrected chi connectivity index (χ2v) is 14.8. The molecule has 2 aromatic carbocycles. The van der Waals surface area contributed by atoms with Crippen LogP contribution in [0.1, 0.15) is 59.8 Å². The van der Waals surface area contributed by atoms with Gasteiger partial charge >= 0.3 is 5.97 Å². The first-order valence-electron chi connectivity index (χ1n) is 13.9. The van der Waals surface area contributed by atoms with E-state index >= 15 is 0 Å². The Balaban J connectivity index is 1.40. The van der Waals surface area contributed by atoms with Crippen molar-refractivity contribution in [2.75, 3.05) is 13.2 Å². The first-order chi connectivity index (χ1) is 17.8. The molecular weight excluding hydrogens is 480 g/mol. The standard InChI is InChI=1S/C31H42O5Si/c1-30(2,3)29-24-19-27(32)36-26(31(24,4)20-25(29)35-28-17-11-12-18-33-28)21-34-37(22-13-7-5-8-14-22)23-15-9-6-10-16-23/h5-10,13-16,24-26,28-29,37H,11-12,17-21H2,1-4H3/t24-,25-,26?,28?,29-,31+/m1/s1. The molecule has 2 unspecified atom stereocenters. The van der Waals surface area contributed by atoms with E-state index in [2.05, 4.69) is 76.2 Å². The highest BCUT2D eigenvalue weighted by molar-refractivity contribution is 6.80. The average molecular weight is 523 g/mol. The van der Waals surface area contributed by atoms with E-state index in [9.17, 15) is 4.79 Å². The molecule has 0 radical (unpaired) electrons. The van der Waals surface area contributed by atoms with Gasteiger partial charge in [0.25, 0.3) is 0 Å². The second kappa shape index (κ2) is 11.0. The fourth-order valence-corrected chi connectivity index (χ4v) is 9.27. The van der Waals surface area contributed by atoms with Crippen LogP contribution in [-0.4, -0.2) is 46.7 Å². The third-order valence-electron chi connectivity index (χ3n) is 8.80. The molecule has 1 saturated carbocycles. The molecule has 0 N–H and O–H groups in total. The topological polar surface area (TPSA) is 54.0 Å². The lowest BCUT2D eigenvalue weighted by Crippen LogP contribution is -2.52. The van der Waals surface area contributed by atoms with Gasteiger partial charge in [-0.15, -0.1) is 0 Å². The maximum absolute atomic E-state index is 13.0. The lowest BCUT2D eigenvalue weighted by molar-refractivity contribution is -0.202. The number of ether oxygens (including phenoxy) is 3. The van der Waals surface area contributed by atoms with Crippen LogP contribution in [0.5, 0.6) is 0 Å². The van der Waals surface area contributed by atoms with Crippen LogP contribution in [0.3, 0.4) is 0 Å². The Morgan fingerprint density at radius 2 is 1.65 bits per heavy atom. The van der Waals surface area contributed by atoms with Crippen molar-refractivity contribution >= 4 is 25.4 Å². The van der Waals surface area contributed by atoms with Crippen molar-refractivity contribution in [3.63, 3.8) is 0 Å². The molecule has 0 spiro atoms. The van der Waals surface area contributed by atoms with Crippen LogP contribution >= 0.6 is 0 Å². The lowest BCUT2D eigenvalue weighted by Gasteiger charge is -2.46. The summed E-state index contributed by atoms with van der Waals surface area (Å²) in [6.45, 7) is 10.3. The Bertz CT molecular complexity index is 993. The van der Waals surface area contributed by atoms with Crippen molar-refractivity contribution in [3.8, 4) is 0 Å². The molecule has 200 valence electrons. The number of hydrogen-bond donors (Lipinski definition) is 0. The van der Waals surface area contributed by atoms with Crippen LogP contribution in [0.2, 0.25) is 0 Å². The Morgan fingerprint density at radius 1 is 1.00 bits per heavy atom. The molecule has 2 heterocycles. The zero-order chi connectivity index (χ0) is 26.0. The van der Waals surface area contributed by atoms with E-state index in [0.29, 0.717) is 13.0 Å². The highest BCUT2D eigenvalue weighted by Gasteiger charge is 2.61. The average Bonchev–Trinajstić information content (AvgIpc) is 3.18. The quantitative estimate of drug-likeness (QED) is 0.397. The molecule has 2 saturated heterocycles. The summed E-state index contributed by atoms with van der Waals surface area (Å²) in [5.41, 5.74) is -0.215. The number of carbonyl (C=O) groups is 1. The Morgan fingerprint density at radius 3 is 2.22 bits per heavy atom. The van der Waals surface area contributed by atoms with Gasteiger partial charge in [0.1, 0.15) is 6.10 Å².